The average molecular weight is 275 g/mol. The van der Waals surface area contributed by atoms with Gasteiger partial charge in [0, 0.05) is 19.4 Å². The highest BCUT2D eigenvalue weighted by atomic mass is 19.4. The molecule has 4 nitrogen and oxygen atoms in total. The van der Waals surface area contributed by atoms with E-state index in [1.165, 1.54) is 13.2 Å². The molecule has 0 aliphatic carbocycles. The van der Waals surface area contributed by atoms with Crippen LogP contribution < -0.4 is 0 Å². The third-order valence-electron chi connectivity index (χ3n) is 2.46. The van der Waals surface area contributed by atoms with Gasteiger partial charge in [-0.25, -0.2) is 14.4 Å². The topological polar surface area (TPSA) is 50.9 Å². The van der Waals surface area contributed by atoms with Crippen LogP contribution in [0.15, 0.2) is 18.5 Å². The lowest BCUT2D eigenvalue weighted by Crippen LogP contribution is -2.05. The zero-order valence-electron chi connectivity index (χ0n) is 9.74. The van der Waals surface area contributed by atoms with Gasteiger partial charge in [-0.3, -0.25) is 0 Å². The number of alkyl halides is 3. The molecule has 0 aromatic carbocycles. The van der Waals surface area contributed by atoms with E-state index < -0.39 is 24.3 Å². The van der Waals surface area contributed by atoms with E-state index in [-0.39, 0.29) is 17.1 Å². The molecule has 0 saturated heterocycles. The Kier molecular flexibility index (Phi) is 3.27. The highest BCUT2D eigenvalue weighted by Crippen LogP contribution is 2.30. The molecule has 0 saturated carbocycles. The Bertz CT molecular complexity index is 606. The SMILES string of the molecule is Cn1cc(C(F)(F)F)nc1-c1ncc(CO)cc1F. The fourth-order valence-electron chi connectivity index (χ4n) is 1.55. The minimum atomic E-state index is -4.60. The Morgan fingerprint density at radius 2 is 2.05 bits per heavy atom. The Hall–Kier alpha value is -1.96. The molecule has 0 atom stereocenters. The number of hydrogen-bond donors (Lipinski definition) is 1. The monoisotopic (exact) mass is 275 g/mol. The van der Waals surface area contributed by atoms with Crippen molar-refractivity contribution < 1.29 is 22.7 Å². The van der Waals surface area contributed by atoms with Crippen molar-refractivity contribution in [3.05, 3.63) is 35.5 Å². The second kappa shape index (κ2) is 4.61. The minimum absolute atomic E-state index is 0.227. The van der Waals surface area contributed by atoms with Gasteiger partial charge in [0.25, 0.3) is 0 Å². The second-order valence-corrected chi connectivity index (χ2v) is 3.89. The third kappa shape index (κ3) is 2.58. The first-order chi connectivity index (χ1) is 8.82. The van der Waals surface area contributed by atoms with Crippen molar-refractivity contribution in [3.8, 4) is 11.5 Å². The lowest BCUT2D eigenvalue weighted by atomic mass is 10.2. The molecule has 102 valence electrons. The highest BCUT2D eigenvalue weighted by Gasteiger charge is 2.35. The lowest BCUT2D eigenvalue weighted by molar-refractivity contribution is -0.140. The molecular weight excluding hydrogens is 266 g/mol. The molecule has 19 heavy (non-hydrogen) atoms. The van der Waals surface area contributed by atoms with E-state index >= 15 is 0 Å². The van der Waals surface area contributed by atoms with Crippen LogP contribution in [0.3, 0.4) is 0 Å². The maximum Gasteiger partial charge on any atom is 0.434 e. The molecule has 0 spiro atoms. The van der Waals surface area contributed by atoms with Crippen molar-refractivity contribution in [2.24, 2.45) is 7.05 Å². The van der Waals surface area contributed by atoms with Gasteiger partial charge in [0.2, 0.25) is 0 Å². The number of aliphatic hydroxyl groups excluding tert-OH is 1. The molecule has 1 N–H and O–H groups in total. The van der Waals surface area contributed by atoms with Crippen LogP contribution in [0.25, 0.3) is 11.5 Å². The maximum absolute atomic E-state index is 13.7. The zero-order chi connectivity index (χ0) is 14.2. The summed E-state index contributed by atoms with van der Waals surface area (Å²) in [6, 6.07) is 1.00. The van der Waals surface area contributed by atoms with Crippen molar-refractivity contribution in [1.82, 2.24) is 14.5 Å². The summed E-state index contributed by atoms with van der Waals surface area (Å²) in [5, 5.41) is 8.81. The van der Waals surface area contributed by atoms with Crippen LogP contribution in [0.5, 0.6) is 0 Å². The number of aromatic nitrogens is 3. The third-order valence-corrected chi connectivity index (χ3v) is 2.46. The number of imidazole rings is 1. The minimum Gasteiger partial charge on any atom is -0.392 e. The van der Waals surface area contributed by atoms with E-state index in [1.54, 1.807) is 0 Å². The molecule has 0 aliphatic rings. The molecule has 2 heterocycles. The van der Waals surface area contributed by atoms with E-state index in [0.29, 0.717) is 0 Å². The quantitative estimate of drug-likeness (QED) is 0.854. The summed E-state index contributed by atoms with van der Waals surface area (Å²) in [4.78, 5) is 7.03. The van der Waals surface area contributed by atoms with Crippen molar-refractivity contribution in [3.63, 3.8) is 0 Å². The smallest absolute Gasteiger partial charge is 0.392 e. The van der Waals surface area contributed by atoms with Crippen molar-refractivity contribution in [1.29, 1.82) is 0 Å². The van der Waals surface area contributed by atoms with Gasteiger partial charge in [-0.05, 0) is 11.6 Å². The van der Waals surface area contributed by atoms with Gasteiger partial charge in [0.1, 0.15) is 5.69 Å². The molecule has 2 rings (SSSR count). The Labute approximate surface area is 105 Å². The maximum atomic E-state index is 13.7. The summed E-state index contributed by atoms with van der Waals surface area (Å²) in [5.74, 6) is -1.07. The van der Waals surface area contributed by atoms with Crippen LogP contribution in [0.2, 0.25) is 0 Å². The number of pyridine rings is 1. The number of aliphatic hydroxyl groups is 1. The van der Waals surface area contributed by atoms with Gasteiger partial charge < -0.3 is 9.67 Å². The van der Waals surface area contributed by atoms with Crippen LogP contribution in [0, 0.1) is 5.82 Å². The highest BCUT2D eigenvalue weighted by molar-refractivity contribution is 5.52. The molecule has 0 aliphatic heterocycles. The summed E-state index contributed by atoms with van der Waals surface area (Å²) in [6.45, 7) is -0.404. The summed E-state index contributed by atoms with van der Waals surface area (Å²) < 4.78 is 52.2. The standard InChI is InChI=1S/C11H9F4N3O/c1-18-4-8(11(13,14)15)17-10(18)9-7(12)2-6(5-19)3-16-9/h2-4,19H,5H2,1H3. The van der Waals surface area contributed by atoms with Crippen LogP contribution in [0.4, 0.5) is 17.6 Å². The van der Waals surface area contributed by atoms with Crippen molar-refractivity contribution in [2.75, 3.05) is 0 Å². The second-order valence-electron chi connectivity index (χ2n) is 3.89. The van der Waals surface area contributed by atoms with Crippen molar-refractivity contribution in [2.45, 2.75) is 12.8 Å². The number of rotatable bonds is 2. The molecular formula is C11H9F4N3O. The van der Waals surface area contributed by atoms with Crippen LogP contribution in [-0.2, 0) is 19.8 Å². The van der Waals surface area contributed by atoms with E-state index in [2.05, 4.69) is 9.97 Å². The molecule has 0 radical (unpaired) electrons. The number of aryl methyl sites for hydroxylation is 1. The van der Waals surface area contributed by atoms with Gasteiger partial charge >= 0.3 is 6.18 Å². The van der Waals surface area contributed by atoms with Gasteiger partial charge in [-0.15, -0.1) is 0 Å². The molecule has 0 fully saturated rings. The Balaban J connectivity index is 2.51. The summed E-state index contributed by atoms with van der Waals surface area (Å²) >= 11 is 0. The van der Waals surface area contributed by atoms with Gasteiger partial charge in [-0.2, -0.15) is 13.2 Å². The molecule has 2 aromatic heterocycles. The van der Waals surface area contributed by atoms with E-state index in [4.69, 9.17) is 5.11 Å². The first-order valence-corrected chi connectivity index (χ1v) is 5.19. The summed E-state index contributed by atoms with van der Waals surface area (Å²) in [7, 11) is 1.32. The molecule has 0 amide bonds. The Morgan fingerprint density at radius 1 is 1.37 bits per heavy atom. The molecule has 0 bridgehead atoms. The van der Waals surface area contributed by atoms with Crippen LogP contribution in [-0.4, -0.2) is 19.6 Å². The first kappa shape index (κ1) is 13.5. The van der Waals surface area contributed by atoms with Crippen LogP contribution >= 0.6 is 0 Å². The number of nitrogens with zero attached hydrogens (tertiary/aromatic N) is 3. The van der Waals surface area contributed by atoms with E-state index in [9.17, 15) is 17.6 Å². The molecule has 2 aromatic rings. The fourth-order valence-corrected chi connectivity index (χ4v) is 1.55. The van der Waals surface area contributed by atoms with E-state index in [1.807, 2.05) is 0 Å². The van der Waals surface area contributed by atoms with Gasteiger partial charge in [0.05, 0.1) is 6.61 Å². The predicted molar refractivity (Wildman–Crippen MR) is 57.3 cm³/mol. The molecule has 0 unspecified atom stereocenters. The van der Waals surface area contributed by atoms with E-state index in [0.717, 1.165) is 16.8 Å². The summed E-state index contributed by atoms with van der Waals surface area (Å²) in [6.07, 6.45) is -2.66. The normalized spacial score (nSPS) is 11.9. The van der Waals surface area contributed by atoms with Crippen molar-refractivity contribution >= 4 is 0 Å². The first-order valence-electron chi connectivity index (χ1n) is 5.19. The Morgan fingerprint density at radius 3 is 2.53 bits per heavy atom. The predicted octanol–water partition coefficient (Wildman–Crippen LogP) is 2.13. The zero-order valence-corrected chi connectivity index (χ0v) is 9.74. The van der Waals surface area contributed by atoms with Gasteiger partial charge in [0.15, 0.2) is 17.3 Å². The lowest BCUT2D eigenvalue weighted by Gasteiger charge is -2.03. The fraction of sp³-hybridized carbons (Fsp3) is 0.273. The number of halogens is 4. The molecule has 8 heteroatoms. The van der Waals surface area contributed by atoms with Crippen LogP contribution in [0.1, 0.15) is 11.3 Å². The largest absolute Gasteiger partial charge is 0.434 e. The van der Waals surface area contributed by atoms with Gasteiger partial charge in [-0.1, -0.05) is 0 Å². The summed E-state index contributed by atoms with van der Waals surface area (Å²) in [5.41, 5.74) is -1.18. The number of hydrogen-bond acceptors (Lipinski definition) is 3. The average Bonchev–Trinajstić information content (AvgIpc) is 2.71.